The van der Waals surface area contributed by atoms with Gasteiger partial charge in [0.2, 0.25) is 0 Å². The Labute approximate surface area is 143 Å². The van der Waals surface area contributed by atoms with Crippen LogP contribution in [-0.2, 0) is 0 Å². The molecule has 1 fully saturated rings. The molecule has 1 nitrogen and oxygen atoms in total. The molecule has 24 heavy (non-hydrogen) atoms. The topological polar surface area (TPSA) is 12.9 Å². The molecule has 0 spiro atoms. The van der Waals surface area contributed by atoms with E-state index in [0.29, 0.717) is 0 Å². The lowest BCUT2D eigenvalue weighted by molar-refractivity contribution is 0.359. The van der Waals surface area contributed by atoms with Gasteiger partial charge in [-0.1, -0.05) is 23.8 Å². The molecule has 3 aromatic rings. The van der Waals surface area contributed by atoms with Crippen LogP contribution in [0.1, 0.15) is 59.8 Å². The van der Waals surface area contributed by atoms with Crippen LogP contribution in [0.15, 0.2) is 42.5 Å². The zero-order chi connectivity index (χ0) is 16.3. The minimum Gasteiger partial charge on any atom is -0.248 e. The average molecular weight is 313 g/mol. The highest BCUT2D eigenvalue weighted by molar-refractivity contribution is 5.84. The zero-order valence-corrected chi connectivity index (χ0v) is 14.5. The van der Waals surface area contributed by atoms with Gasteiger partial charge in [0.15, 0.2) is 0 Å². The number of pyridine rings is 1. The van der Waals surface area contributed by atoms with Crippen LogP contribution in [0.25, 0.3) is 22.2 Å². The van der Waals surface area contributed by atoms with Gasteiger partial charge in [-0.3, -0.25) is 0 Å². The van der Waals surface area contributed by atoms with E-state index in [0.717, 1.165) is 23.0 Å². The SMILES string of the molecule is Cc1ccc2nc(-c3ccc4c(c3)C3CCC4CC3)c(C)cc2c1. The molecule has 2 bridgehead atoms. The molecule has 0 aliphatic heterocycles. The Hall–Kier alpha value is -2.15. The summed E-state index contributed by atoms with van der Waals surface area (Å²) in [6.45, 7) is 4.33. The van der Waals surface area contributed by atoms with Crippen LogP contribution in [0.4, 0.5) is 0 Å². The van der Waals surface area contributed by atoms with E-state index in [-0.39, 0.29) is 0 Å². The van der Waals surface area contributed by atoms with Crippen LogP contribution in [0, 0.1) is 13.8 Å². The minimum absolute atomic E-state index is 0.786. The zero-order valence-electron chi connectivity index (χ0n) is 14.5. The number of aromatic nitrogens is 1. The Morgan fingerprint density at radius 2 is 1.54 bits per heavy atom. The molecule has 3 aliphatic carbocycles. The molecule has 1 saturated carbocycles. The number of benzene rings is 2. The van der Waals surface area contributed by atoms with E-state index in [4.69, 9.17) is 4.98 Å². The Balaban J connectivity index is 1.66. The molecule has 6 rings (SSSR count). The molecular weight excluding hydrogens is 290 g/mol. The monoisotopic (exact) mass is 313 g/mol. The molecule has 0 atom stereocenters. The van der Waals surface area contributed by atoms with E-state index in [1.54, 1.807) is 11.1 Å². The smallest absolute Gasteiger partial charge is 0.0738 e. The van der Waals surface area contributed by atoms with Gasteiger partial charge < -0.3 is 0 Å². The summed E-state index contributed by atoms with van der Waals surface area (Å²) in [6.07, 6.45) is 5.54. The van der Waals surface area contributed by atoms with Crippen molar-refractivity contribution in [2.75, 3.05) is 0 Å². The van der Waals surface area contributed by atoms with Gasteiger partial charge >= 0.3 is 0 Å². The normalized spacial score (nSPS) is 21.9. The predicted molar refractivity (Wildman–Crippen MR) is 101 cm³/mol. The van der Waals surface area contributed by atoms with Crippen molar-refractivity contribution in [3.8, 4) is 11.3 Å². The second-order valence-electron chi connectivity index (χ2n) is 7.74. The Morgan fingerprint density at radius 1 is 0.792 bits per heavy atom. The first-order valence-corrected chi connectivity index (χ1v) is 9.21. The summed E-state index contributed by atoms with van der Waals surface area (Å²) in [7, 11) is 0. The van der Waals surface area contributed by atoms with Gasteiger partial charge in [0.25, 0.3) is 0 Å². The third-order valence-corrected chi connectivity index (χ3v) is 6.13. The second-order valence-corrected chi connectivity index (χ2v) is 7.74. The molecular formula is C23H23N. The fourth-order valence-electron chi connectivity index (χ4n) is 4.86. The first-order valence-electron chi connectivity index (χ1n) is 9.21. The van der Waals surface area contributed by atoms with Gasteiger partial charge in [0, 0.05) is 10.9 Å². The lowest BCUT2D eigenvalue weighted by Crippen LogP contribution is -2.21. The van der Waals surface area contributed by atoms with Crippen molar-refractivity contribution in [1.82, 2.24) is 4.98 Å². The Bertz CT molecular complexity index is 946. The van der Waals surface area contributed by atoms with E-state index in [1.165, 1.54) is 47.8 Å². The standard InChI is InChI=1S/C23H23N/c1-14-3-10-22-19(11-14)12-15(2)23(24-22)18-8-9-20-16-4-6-17(7-5-16)21(20)13-18/h3,8-13,16-17H,4-7H2,1-2H3. The fourth-order valence-corrected chi connectivity index (χ4v) is 4.86. The summed E-state index contributed by atoms with van der Waals surface area (Å²) >= 11 is 0. The van der Waals surface area contributed by atoms with Crippen molar-refractivity contribution < 1.29 is 0 Å². The maximum Gasteiger partial charge on any atom is 0.0738 e. The van der Waals surface area contributed by atoms with Crippen LogP contribution >= 0.6 is 0 Å². The fraction of sp³-hybridized carbons (Fsp3) is 0.348. The summed E-state index contributed by atoms with van der Waals surface area (Å²) in [6, 6.07) is 16.0. The molecule has 0 amide bonds. The van der Waals surface area contributed by atoms with Crippen LogP contribution in [0.2, 0.25) is 0 Å². The quantitative estimate of drug-likeness (QED) is 0.515. The first kappa shape index (κ1) is 14.2. The number of aryl methyl sites for hydroxylation is 2. The second kappa shape index (κ2) is 5.17. The van der Waals surface area contributed by atoms with Gasteiger partial charge in [0.05, 0.1) is 11.2 Å². The molecule has 0 saturated heterocycles. The minimum atomic E-state index is 0.786. The molecule has 1 heterocycles. The highest BCUT2D eigenvalue weighted by Crippen LogP contribution is 2.50. The van der Waals surface area contributed by atoms with E-state index in [1.807, 2.05) is 0 Å². The van der Waals surface area contributed by atoms with E-state index in [9.17, 15) is 0 Å². The van der Waals surface area contributed by atoms with E-state index >= 15 is 0 Å². The van der Waals surface area contributed by atoms with Gasteiger partial charge in [-0.25, -0.2) is 4.98 Å². The summed E-state index contributed by atoms with van der Waals surface area (Å²) in [5, 5.41) is 1.24. The number of hydrogen-bond donors (Lipinski definition) is 0. The van der Waals surface area contributed by atoms with Crippen LogP contribution in [0.5, 0.6) is 0 Å². The Morgan fingerprint density at radius 3 is 2.33 bits per heavy atom. The van der Waals surface area contributed by atoms with Crippen molar-refractivity contribution in [2.45, 2.75) is 51.4 Å². The van der Waals surface area contributed by atoms with Crippen molar-refractivity contribution in [1.29, 1.82) is 0 Å². The number of rotatable bonds is 1. The predicted octanol–water partition coefficient (Wildman–Crippen LogP) is 6.27. The molecule has 1 heteroatoms. The number of fused-ring (bicyclic) bond motifs is 3. The van der Waals surface area contributed by atoms with Crippen molar-refractivity contribution in [3.63, 3.8) is 0 Å². The molecule has 120 valence electrons. The third kappa shape index (κ3) is 2.11. The molecule has 2 aromatic carbocycles. The van der Waals surface area contributed by atoms with Gasteiger partial charge in [0.1, 0.15) is 0 Å². The van der Waals surface area contributed by atoms with Crippen molar-refractivity contribution in [2.24, 2.45) is 0 Å². The largest absolute Gasteiger partial charge is 0.248 e. The average Bonchev–Trinajstić information content (AvgIpc) is 2.62. The van der Waals surface area contributed by atoms with E-state index in [2.05, 4.69) is 56.3 Å². The summed E-state index contributed by atoms with van der Waals surface area (Å²) < 4.78 is 0. The highest BCUT2D eigenvalue weighted by atomic mass is 14.7. The lowest BCUT2D eigenvalue weighted by Gasteiger charge is -2.38. The molecule has 0 N–H and O–H groups in total. The summed E-state index contributed by atoms with van der Waals surface area (Å²) in [5.41, 5.74) is 9.34. The maximum absolute atomic E-state index is 5.00. The molecule has 1 aromatic heterocycles. The van der Waals surface area contributed by atoms with Crippen molar-refractivity contribution in [3.05, 3.63) is 64.7 Å². The van der Waals surface area contributed by atoms with Crippen LogP contribution in [0.3, 0.4) is 0 Å². The first-order chi connectivity index (χ1) is 11.7. The van der Waals surface area contributed by atoms with E-state index < -0.39 is 0 Å². The Kier molecular flexibility index (Phi) is 3.06. The third-order valence-electron chi connectivity index (χ3n) is 6.13. The highest BCUT2D eigenvalue weighted by Gasteiger charge is 2.32. The molecule has 3 aliphatic rings. The maximum atomic E-state index is 5.00. The van der Waals surface area contributed by atoms with Gasteiger partial charge in [-0.2, -0.15) is 0 Å². The molecule has 0 unspecified atom stereocenters. The number of hydrogen-bond acceptors (Lipinski definition) is 1. The van der Waals surface area contributed by atoms with Crippen molar-refractivity contribution >= 4 is 10.9 Å². The van der Waals surface area contributed by atoms with Gasteiger partial charge in [-0.15, -0.1) is 0 Å². The number of nitrogens with zero attached hydrogens (tertiary/aromatic N) is 1. The summed E-state index contributed by atoms with van der Waals surface area (Å²) in [4.78, 5) is 5.00. The van der Waals surface area contributed by atoms with Crippen LogP contribution < -0.4 is 0 Å². The van der Waals surface area contributed by atoms with Crippen LogP contribution in [-0.4, -0.2) is 4.98 Å². The van der Waals surface area contributed by atoms with Gasteiger partial charge in [-0.05, 0) is 92.3 Å². The lowest BCUT2D eigenvalue weighted by atomic mass is 9.67. The molecule has 0 radical (unpaired) electrons. The summed E-state index contributed by atoms with van der Waals surface area (Å²) in [5.74, 6) is 1.60.